The molecule has 31 heavy (non-hydrogen) atoms. The Morgan fingerprint density at radius 3 is 2.65 bits per heavy atom. The van der Waals surface area contributed by atoms with E-state index in [4.69, 9.17) is 0 Å². The largest absolute Gasteiger partial charge is 0.479 e. The summed E-state index contributed by atoms with van der Waals surface area (Å²) in [6, 6.07) is 8.88. The van der Waals surface area contributed by atoms with Crippen LogP contribution < -0.4 is 5.56 Å². The average Bonchev–Trinajstić information content (AvgIpc) is 3.46. The number of aromatic amines is 1. The van der Waals surface area contributed by atoms with Crippen LogP contribution in [0.1, 0.15) is 18.0 Å². The molecule has 2 heterocycles. The first-order valence-electron chi connectivity index (χ1n) is 9.52. The number of imidazole rings is 1. The Hall–Kier alpha value is -2.46. The van der Waals surface area contributed by atoms with Gasteiger partial charge in [0.2, 0.25) is 0 Å². The average molecular weight is 454 g/mol. The summed E-state index contributed by atoms with van der Waals surface area (Å²) in [5, 5.41) is 0. The van der Waals surface area contributed by atoms with E-state index in [1.165, 1.54) is 12.7 Å². The summed E-state index contributed by atoms with van der Waals surface area (Å²) in [5.41, 5.74) is 0.945. The Balaban J connectivity index is 1.67. The molecule has 3 atom stereocenters. The van der Waals surface area contributed by atoms with Gasteiger partial charge in [-0.2, -0.15) is 8.78 Å². The lowest BCUT2D eigenvalue weighted by Gasteiger charge is -2.24. The fourth-order valence-electron chi connectivity index (χ4n) is 3.81. The zero-order chi connectivity index (χ0) is 22.2. The number of halogens is 2. The van der Waals surface area contributed by atoms with Crippen molar-refractivity contribution in [2.45, 2.75) is 25.0 Å². The molecule has 1 aliphatic rings. The van der Waals surface area contributed by atoms with Crippen molar-refractivity contribution in [1.82, 2.24) is 19.5 Å². The summed E-state index contributed by atoms with van der Waals surface area (Å²) in [4.78, 5) is 22.8. The van der Waals surface area contributed by atoms with E-state index in [9.17, 15) is 18.1 Å². The molecule has 9 nitrogen and oxygen atoms in total. The molecule has 0 unspecified atom stereocenters. The smallest absolute Gasteiger partial charge is 0.311 e. The SMILES string of the molecule is COP(=O)(OC)OC(F)(F)[C@H]1C[C@@H]1[C@H](Cc1ccccc1)n1cnc2c(=O)[nH]cnc21. The predicted octanol–water partition coefficient (Wildman–Crippen LogP) is 3.55. The number of hydrogen-bond acceptors (Lipinski definition) is 7. The van der Waals surface area contributed by atoms with Crippen LogP contribution in [0.3, 0.4) is 0 Å². The van der Waals surface area contributed by atoms with Crippen molar-refractivity contribution in [2.75, 3.05) is 14.2 Å². The van der Waals surface area contributed by atoms with Gasteiger partial charge in [-0.05, 0) is 24.3 Å². The third-order valence-corrected chi connectivity index (χ3v) is 6.82. The standard InChI is InChI=1S/C19H21F2N4O5P/c1-28-31(27,29-2)30-19(20,21)14-9-13(14)15(8-12-6-4-3-5-7-12)25-11-24-16-17(25)22-10-23-18(16)26/h3-7,10-11,13-15H,8-9H2,1-2H3,(H,22,23,26)/t13-,14-,15-/m0/s1. The Morgan fingerprint density at radius 1 is 1.26 bits per heavy atom. The second kappa shape index (κ2) is 8.23. The Labute approximate surface area is 176 Å². The fraction of sp³-hybridized carbons (Fsp3) is 0.421. The molecule has 1 aromatic carbocycles. The van der Waals surface area contributed by atoms with Crippen molar-refractivity contribution in [3.05, 3.63) is 58.9 Å². The highest BCUT2D eigenvalue weighted by atomic mass is 31.2. The van der Waals surface area contributed by atoms with Crippen LogP contribution in [0.4, 0.5) is 8.78 Å². The lowest BCUT2D eigenvalue weighted by atomic mass is 10.0. The molecule has 12 heteroatoms. The van der Waals surface area contributed by atoms with E-state index in [-0.39, 0.29) is 11.9 Å². The van der Waals surface area contributed by atoms with Crippen LogP contribution in [-0.4, -0.2) is 39.8 Å². The zero-order valence-corrected chi connectivity index (χ0v) is 17.7. The number of alkyl halides is 2. The molecule has 166 valence electrons. The van der Waals surface area contributed by atoms with E-state index in [1.54, 1.807) is 4.57 Å². The van der Waals surface area contributed by atoms with Gasteiger partial charge in [0.25, 0.3) is 5.56 Å². The van der Waals surface area contributed by atoms with Gasteiger partial charge in [0.05, 0.1) is 18.6 Å². The molecule has 0 amide bonds. The molecule has 0 aliphatic heterocycles. The molecule has 0 bridgehead atoms. The molecule has 3 aromatic rings. The molecule has 0 radical (unpaired) electrons. The normalized spacial score (nSPS) is 20.1. The first-order valence-corrected chi connectivity index (χ1v) is 11.0. The van der Waals surface area contributed by atoms with E-state index in [2.05, 4.69) is 28.5 Å². The van der Waals surface area contributed by atoms with E-state index in [0.29, 0.717) is 12.1 Å². The number of fused-ring (bicyclic) bond motifs is 1. The number of phosphoric ester groups is 1. The Kier molecular flexibility index (Phi) is 5.78. The van der Waals surface area contributed by atoms with E-state index >= 15 is 0 Å². The topological polar surface area (TPSA) is 108 Å². The van der Waals surface area contributed by atoms with Crippen LogP contribution in [0, 0.1) is 11.8 Å². The number of hydrogen-bond donors (Lipinski definition) is 1. The first-order chi connectivity index (χ1) is 14.8. The van der Waals surface area contributed by atoms with Gasteiger partial charge in [0, 0.05) is 20.3 Å². The molecular weight excluding hydrogens is 433 g/mol. The van der Waals surface area contributed by atoms with E-state index in [1.807, 2.05) is 30.3 Å². The van der Waals surface area contributed by atoms with Crippen LogP contribution in [0.25, 0.3) is 11.2 Å². The molecule has 1 saturated carbocycles. The van der Waals surface area contributed by atoms with Crippen molar-refractivity contribution in [3.8, 4) is 0 Å². The lowest BCUT2D eigenvalue weighted by Crippen LogP contribution is -2.26. The number of phosphoric acid groups is 1. The van der Waals surface area contributed by atoms with Gasteiger partial charge >= 0.3 is 13.9 Å². The van der Waals surface area contributed by atoms with Gasteiger partial charge in [-0.25, -0.2) is 19.1 Å². The minimum atomic E-state index is -4.37. The summed E-state index contributed by atoms with van der Waals surface area (Å²) in [6.07, 6.45) is -0.532. The van der Waals surface area contributed by atoms with Gasteiger partial charge < -0.3 is 9.55 Å². The number of aromatic nitrogens is 4. The van der Waals surface area contributed by atoms with Crippen molar-refractivity contribution >= 4 is 19.0 Å². The second-order valence-electron chi connectivity index (χ2n) is 7.28. The maximum Gasteiger partial charge on any atom is 0.479 e. The highest BCUT2D eigenvalue weighted by molar-refractivity contribution is 7.48. The summed E-state index contributed by atoms with van der Waals surface area (Å²) in [6.45, 7) is 0. The second-order valence-corrected chi connectivity index (χ2v) is 9.09. The quantitative estimate of drug-likeness (QED) is 0.493. The van der Waals surface area contributed by atoms with Crippen LogP contribution in [0.2, 0.25) is 0 Å². The fourth-order valence-corrected chi connectivity index (χ4v) is 4.54. The highest BCUT2D eigenvalue weighted by Crippen LogP contribution is 2.62. The summed E-state index contributed by atoms with van der Waals surface area (Å²) < 4.78 is 56.8. The minimum absolute atomic E-state index is 0.112. The molecule has 0 spiro atoms. The third kappa shape index (κ3) is 4.31. The van der Waals surface area contributed by atoms with E-state index in [0.717, 1.165) is 19.8 Å². The van der Waals surface area contributed by atoms with Crippen molar-refractivity contribution < 1.29 is 26.9 Å². The Morgan fingerprint density at radius 2 is 1.97 bits per heavy atom. The summed E-state index contributed by atoms with van der Waals surface area (Å²) in [5.74, 6) is -1.77. The number of nitrogens with one attached hydrogen (secondary N) is 1. The van der Waals surface area contributed by atoms with Crippen molar-refractivity contribution in [3.63, 3.8) is 0 Å². The molecular formula is C19H21F2N4O5P. The van der Waals surface area contributed by atoms with Crippen molar-refractivity contribution in [2.24, 2.45) is 11.8 Å². The monoisotopic (exact) mass is 454 g/mol. The highest BCUT2D eigenvalue weighted by Gasteiger charge is 2.61. The number of H-pyrrole nitrogens is 1. The maximum atomic E-state index is 14.8. The van der Waals surface area contributed by atoms with Gasteiger partial charge in [0.1, 0.15) is 0 Å². The maximum absolute atomic E-state index is 14.8. The number of nitrogens with zero attached hydrogens (tertiary/aromatic N) is 3. The molecule has 2 aromatic heterocycles. The first kappa shape index (κ1) is 21.8. The predicted molar refractivity (Wildman–Crippen MR) is 107 cm³/mol. The van der Waals surface area contributed by atoms with Crippen LogP contribution in [-0.2, 0) is 24.6 Å². The van der Waals surface area contributed by atoms with Crippen LogP contribution >= 0.6 is 7.82 Å². The third-order valence-electron chi connectivity index (χ3n) is 5.46. The van der Waals surface area contributed by atoms with Crippen LogP contribution in [0.15, 0.2) is 47.8 Å². The van der Waals surface area contributed by atoms with E-state index < -0.39 is 37.4 Å². The molecule has 4 rings (SSSR count). The summed E-state index contributed by atoms with van der Waals surface area (Å²) in [7, 11) is -2.42. The zero-order valence-electron chi connectivity index (χ0n) is 16.8. The minimum Gasteiger partial charge on any atom is -0.311 e. The van der Waals surface area contributed by atoms with Gasteiger partial charge in [-0.15, -0.1) is 0 Å². The molecule has 0 saturated heterocycles. The van der Waals surface area contributed by atoms with Crippen LogP contribution in [0.5, 0.6) is 0 Å². The Bertz CT molecular complexity index is 1160. The lowest BCUT2D eigenvalue weighted by molar-refractivity contribution is -0.207. The van der Waals surface area contributed by atoms with Crippen molar-refractivity contribution in [1.29, 1.82) is 0 Å². The van der Waals surface area contributed by atoms with Gasteiger partial charge in [-0.3, -0.25) is 13.8 Å². The number of rotatable bonds is 9. The molecule has 1 N–H and O–H groups in total. The summed E-state index contributed by atoms with van der Waals surface area (Å²) >= 11 is 0. The molecule has 1 fully saturated rings. The van der Waals surface area contributed by atoms with Gasteiger partial charge in [0.15, 0.2) is 11.2 Å². The molecule has 1 aliphatic carbocycles. The van der Waals surface area contributed by atoms with Gasteiger partial charge in [-0.1, -0.05) is 30.3 Å². The number of benzene rings is 1.